The van der Waals surface area contributed by atoms with E-state index in [1.54, 1.807) is 13.3 Å². The van der Waals surface area contributed by atoms with Gasteiger partial charge in [0.2, 0.25) is 10.0 Å². The number of methoxy groups -OCH3 is 1. The van der Waals surface area contributed by atoms with E-state index in [-0.39, 0.29) is 6.04 Å². The number of aromatic nitrogens is 2. The van der Waals surface area contributed by atoms with Crippen LogP contribution in [-0.4, -0.2) is 55.6 Å². The van der Waals surface area contributed by atoms with Crippen LogP contribution in [0.4, 0.5) is 0 Å². The predicted octanol–water partition coefficient (Wildman–Crippen LogP) is 2.03. The highest BCUT2D eigenvalue weighted by molar-refractivity contribution is 7.88. The molecule has 2 heterocycles. The van der Waals surface area contributed by atoms with Crippen LogP contribution in [0.5, 0.6) is 5.75 Å². The largest absolute Gasteiger partial charge is 0.497 e. The van der Waals surface area contributed by atoms with Crippen molar-refractivity contribution in [1.29, 1.82) is 0 Å². The van der Waals surface area contributed by atoms with Gasteiger partial charge in [0.1, 0.15) is 5.75 Å². The van der Waals surface area contributed by atoms with Crippen molar-refractivity contribution in [2.24, 2.45) is 5.92 Å². The highest BCUT2D eigenvalue weighted by Gasteiger charge is 2.30. The van der Waals surface area contributed by atoms with Crippen LogP contribution in [-0.2, 0) is 16.6 Å². The lowest BCUT2D eigenvalue weighted by molar-refractivity contribution is 0.138. The number of sulfonamides is 1. The molecule has 7 nitrogen and oxygen atoms in total. The van der Waals surface area contributed by atoms with Crippen molar-refractivity contribution < 1.29 is 13.2 Å². The number of hydrogen-bond acceptors (Lipinski definition) is 5. The minimum absolute atomic E-state index is 0.0112. The second-order valence-electron chi connectivity index (χ2n) is 7.13. The average molecular weight is 393 g/mol. The molecule has 0 unspecified atom stereocenters. The van der Waals surface area contributed by atoms with E-state index in [2.05, 4.69) is 27.7 Å². The van der Waals surface area contributed by atoms with Gasteiger partial charge in [0.25, 0.3) is 0 Å². The van der Waals surface area contributed by atoms with Crippen LogP contribution in [0.3, 0.4) is 0 Å². The van der Waals surface area contributed by atoms with Gasteiger partial charge in [-0.15, -0.1) is 0 Å². The summed E-state index contributed by atoms with van der Waals surface area (Å²) in [6.07, 6.45) is 6.69. The van der Waals surface area contributed by atoms with Gasteiger partial charge in [-0.2, -0.15) is 5.10 Å². The summed E-state index contributed by atoms with van der Waals surface area (Å²) in [4.78, 5) is 2.39. The van der Waals surface area contributed by atoms with Crippen LogP contribution in [0.15, 0.2) is 36.7 Å². The van der Waals surface area contributed by atoms with E-state index < -0.39 is 10.0 Å². The van der Waals surface area contributed by atoms with Gasteiger partial charge in [0, 0.05) is 38.1 Å². The first kappa shape index (κ1) is 19.9. The Morgan fingerprint density at radius 3 is 2.81 bits per heavy atom. The third kappa shape index (κ3) is 5.09. The van der Waals surface area contributed by atoms with Crippen molar-refractivity contribution in [3.8, 4) is 11.4 Å². The summed E-state index contributed by atoms with van der Waals surface area (Å²) >= 11 is 0. The predicted molar refractivity (Wildman–Crippen MR) is 106 cm³/mol. The van der Waals surface area contributed by atoms with E-state index >= 15 is 0 Å². The molecule has 148 valence electrons. The van der Waals surface area contributed by atoms with Gasteiger partial charge >= 0.3 is 0 Å². The molecule has 3 rings (SSSR count). The van der Waals surface area contributed by atoms with Gasteiger partial charge in [0.15, 0.2) is 0 Å². The molecule has 1 aromatic carbocycles. The maximum atomic E-state index is 11.6. The number of likely N-dealkylation sites (tertiary alicyclic amines) is 1. The first-order valence-electron chi connectivity index (χ1n) is 9.26. The molecule has 0 aliphatic carbocycles. The molecule has 1 saturated heterocycles. The molecule has 27 heavy (non-hydrogen) atoms. The van der Waals surface area contributed by atoms with Crippen molar-refractivity contribution in [3.63, 3.8) is 0 Å². The molecule has 1 fully saturated rings. The lowest BCUT2D eigenvalue weighted by atomic mass is 9.90. The maximum absolute atomic E-state index is 11.6. The number of rotatable bonds is 7. The zero-order valence-electron chi connectivity index (χ0n) is 16.1. The number of nitrogens with zero attached hydrogens (tertiary/aromatic N) is 3. The molecular formula is C19H28N4O3S. The van der Waals surface area contributed by atoms with Gasteiger partial charge in [0.05, 0.1) is 19.1 Å². The highest BCUT2D eigenvalue weighted by atomic mass is 32.2. The first-order chi connectivity index (χ1) is 12.9. The summed E-state index contributed by atoms with van der Waals surface area (Å²) in [5.74, 6) is 1.12. The number of benzene rings is 1. The fourth-order valence-electron chi connectivity index (χ4n) is 3.79. The zero-order valence-corrected chi connectivity index (χ0v) is 16.9. The van der Waals surface area contributed by atoms with E-state index in [1.165, 1.54) is 6.26 Å². The summed E-state index contributed by atoms with van der Waals surface area (Å²) in [7, 11) is -1.52. The van der Waals surface area contributed by atoms with Crippen LogP contribution in [0.25, 0.3) is 5.69 Å². The summed E-state index contributed by atoms with van der Waals surface area (Å²) in [5.41, 5.74) is 2.17. The van der Waals surface area contributed by atoms with Gasteiger partial charge in [-0.05, 0) is 42.2 Å². The Morgan fingerprint density at radius 1 is 1.37 bits per heavy atom. The monoisotopic (exact) mass is 392 g/mol. The standard InChI is InChI=1S/C19H28N4O3S/c1-4-15-13-22(11-8-18(15)21-27(3,24)25)14-16-12-17(26-2)6-7-19(16)23-10-5-9-20-23/h5-7,9-10,12,15,18,21H,4,8,11,13-14H2,1-3H3/t15-,18+/m1/s1. The van der Waals surface area contributed by atoms with Crippen LogP contribution >= 0.6 is 0 Å². The van der Waals surface area contributed by atoms with E-state index in [4.69, 9.17) is 4.74 Å². The minimum atomic E-state index is -3.19. The molecular weight excluding hydrogens is 364 g/mol. The van der Waals surface area contributed by atoms with Gasteiger partial charge < -0.3 is 4.74 Å². The highest BCUT2D eigenvalue weighted by Crippen LogP contribution is 2.26. The third-order valence-corrected chi connectivity index (χ3v) is 5.87. The van der Waals surface area contributed by atoms with Gasteiger partial charge in [-0.25, -0.2) is 17.8 Å². The van der Waals surface area contributed by atoms with Crippen LogP contribution in [0, 0.1) is 5.92 Å². The normalized spacial score (nSPS) is 21.3. The summed E-state index contributed by atoms with van der Waals surface area (Å²) in [6.45, 7) is 4.60. The molecule has 0 amide bonds. The van der Waals surface area contributed by atoms with Crippen molar-refractivity contribution >= 4 is 10.0 Å². The molecule has 1 N–H and O–H groups in total. The lowest BCUT2D eigenvalue weighted by Gasteiger charge is -2.38. The molecule has 0 bridgehead atoms. The fourth-order valence-corrected chi connectivity index (χ4v) is 4.65. The fraction of sp³-hybridized carbons (Fsp3) is 0.526. The number of hydrogen-bond donors (Lipinski definition) is 1. The molecule has 1 aliphatic heterocycles. The number of nitrogens with one attached hydrogen (secondary N) is 1. The van der Waals surface area contributed by atoms with Crippen molar-refractivity contribution in [2.45, 2.75) is 32.4 Å². The lowest BCUT2D eigenvalue weighted by Crippen LogP contribution is -2.50. The van der Waals surface area contributed by atoms with E-state index in [9.17, 15) is 8.42 Å². The molecule has 0 spiro atoms. The third-order valence-electron chi connectivity index (χ3n) is 5.14. The average Bonchev–Trinajstić information content (AvgIpc) is 3.16. The van der Waals surface area contributed by atoms with Crippen molar-refractivity contribution in [1.82, 2.24) is 19.4 Å². The van der Waals surface area contributed by atoms with Crippen LogP contribution in [0.2, 0.25) is 0 Å². The molecule has 0 saturated carbocycles. The van der Waals surface area contributed by atoms with Gasteiger partial charge in [-0.3, -0.25) is 4.90 Å². The van der Waals surface area contributed by atoms with Crippen molar-refractivity contribution in [2.75, 3.05) is 26.5 Å². The molecule has 1 aromatic heterocycles. The quantitative estimate of drug-likeness (QED) is 0.780. The van der Waals surface area contributed by atoms with Crippen LogP contribution in [0.1, 0.15) is 25.3 Å². The Kier molecular flexibility index (Phi) is 6.18. The Balaban J connectivity index is 1.77. The van der Waals surface area contributed by atoms with E-state index in [0.717, 1.165) is 49.5 Å². The summed E-state index contributed by atoms with van der Waals surface area (Å²) in [5, 5.41) is 4.36. The second-order valence-corrected chi connectivity index (χ2v) is 8.91. The second kappa shape index (κ2) is 8.41. The summed E-state index contributed by atoms with van der Waals surface area (Å²) in [6, 6.07) is 7.94. The van der Waals surface area contributed by atoms with Crippen LogP contribution < -0.4 is 9.46 Å². The number of piperidine rings is 1. The molecule has 1 aliphatic rings. The Labute approximate surface area is 161 Å². The smallest absolute Gasteiger partial charge is 0.208 e. The van der Waals surface area contributed by atoms with E-state index in [0.29, 0.717) is 5.92 Å². The Bertz CT molecular complexity index is 852. The first-order valence-corrected chi connectivity index (χ1v) is 11.2. The topological polar surface area (TPSA) is 76.5 Å². The van der Waals surface area contributed by atoms with Gasteiger partial charge in [-0.1, -0.05) is 13.3 Å². The Morgan fingerprint density at radius 2 is 2.19 bits per heavy atom. The summed E-state index contributed by atoms with van der Waals surface area (Å²) < 4.78 is 33.3. The zero-order chi connectivity index (χ0) is 19.4. The molecule has 2 atom stereocenters. The van der Waals surface area contributed by atoms with E-state index in [1.807, 2.05) is 29.1 Å². The molecule has 0 radical (unpaired) electrons. The molecule has 2 aromatic rings. The maximum Gasteiger partial charge on any atom is 0.208 e. The van der Waals surface area contributed by atoms with Crippen molar-refractivity contribution in [3.05, 3.63) is 42.2 Å². The SMILES string of the molecule is CC[C@@H]1CN(Cc2cc(OC)ccc2-n2cccn2)CC[C@@H]1NS(C)(=O)=O. The number of ether oxygens (including phenoxy) is 1. The Hall–Kier alpha value is -1.90. The molecule has 8 heteroatoms. The minimum Gasteiger partial charge on any atom is -0.497 e.